The summed E-state index contributed by atoms with van der Waals surface area (Å²) in [5, 5.41) is 8.91. The van der Waals surface area contributed by atoms with Crippen molar-refractivity contribution in [3.05, 3.63) is 66.2 Å². The van der Waals surface area contributed by atoms with Gasteiger partial charge in [-0.05, 0) is 55.3 Å². The van der Waals surface area contributed by atoms with E-state index in [1.807, 2.05) is 0 Å². The zero-order valence-corrected chi connectivity index (χ0v) is 17.5. The number of nitrogens with zero attached hydrogens (tertiary/aromatic N) is 3. The zero-order valence-electron chi connectivity index (χ0n) is 17.5. The summed E-state index contributed by atoms with van der Waals surface area (Å²) in [4.78, 5) is 40.1. The van der Waals surface area contributed by atoms with E-state index in [0.29, 0.717) is 5.69 Å². The van der Waals surface area contributed by atoms with Gasteiger partial charge in [0.2, 0.25) is 5.91 Å². The Morgan fingerprint density at radius 3 is 2.41 bits per heavy atom. The highest BCUT2D eigenvalue weighted by molar-refractivity contribution is 5.97. The summed E-state index contributed by atoms with van der Waals surface area (Å²) in [7, 11) is 0. The number of carbonyl (C=O) groups is 3. The third-order valence-corrected chi connectivity index (χ3v) is 4.93. The molecule has 0 aliphatic heterocycles. The molecule has 1 heterocycles. The van der Waals surface area contributed by atoms with Crippen LogP contribution in [0.1, 0.15) is 28.8 Å². The first-order valence-electron chi connectivity index (χ1n) is 10.1. The van der Waals surface area contributed by atoms with Gasteiger partial charge in [-0.25, -0.2) is 14.5 Å². The molecule has 1 fully saturated rings. The minimum Gasteiger partial charge on any atom is -0.452 e. The molecule has 4 rings (SSSR count). The lowest BCUT2D eigenvalue weighted by Crippen LogP contribution is -2.22. The fourth-order valence-electron chi connectivity index (χ4n) is 3.03. The number of ether oxygens (including phenoxy) is 1. The summed E-state index contributed by atoms with van der Waals surface area (Å²) in [5.74, 6) is -1.70. The number of hydrogen-bond donors (Lipinski definition) is 2. The fourth-order valence-corrected chi connectivity index (χ4v) is 3.03. The zero-order chi connectivity index (χ0) is 24.3. The van der Waals surface area contributed by atoms with E-state index in [0.717, 1.165) is 31.0 Å². The van der Waals surface area contributed by atoms with Crippen molar-refractivity contribution in [1.29, 1.82) is 0 Å². The largest absolute Gasteiger partial charge is 0.452 e. The molecule has 9 nitrogen and oxygen atoms in total. The fraction of sp³-hybridized carbons (Fsp3) is 0.227. The SMILES string of the molecule is O=C(COC(=O)c1ccc(NC(=O)C2CC2)cc1)Nc1cc(C(F)(F)F)ccc1-n1cncn1. The Balaban J connectivity index is 1.38. The minimum atomic E-state index is -4.63. The van der Waals surface area contributed by atoms with Gasteiger partial charge in [0, 0.05) is 11.6 Å². The lowest BCUT2D eigenvalue weighted by molar-refractivity contribution is -0.137. The van der Waals surface area contributed by atoms with Crippen LogP contribution in [0.15, 0.2) is 55.1 Å². The van der Waals surface area contributed by atoms with Gasteiger partial charge < -0.3 is 15.4 Å². The lowest BCUT2D eigenvalue weighted by Gasteiger charge is -2.14. The summed E-state index contributed by atoms with van der Waals surface area (Å²) in [6.07, 6.45) is -0.460. The van der Waals surface area contributed by atoms with E-state index in [-0.39, 0.29) is 28.8 Å². The lowest BCUT2D eigenvalue weighted by atomic mass is 10.1. The second kappa shape index (κ2) is 9.33. The molecule has 0 bridgehead atoms. The van der Waals surface area contributed by atoms with Gasteiger partial charge in [0.05, 0.1) is 22.5 Å². The first kappa shape index (κ1) is 23.0. The average Bonchev–Trinajstić information content (AvgIpc) is 3.52. The monoisotopic (exact) mass is 473 g/mol. The van der Waals surface area contributed by atoms with Crippen molar-refractivity contribution >= 4 is 29.2 Å². The number of hydrogen-bond acceptors (Lipinski definition) is 6. The maximum absolute atomic E-state index is 13.1. The standard InChI is InChI=1S/C22H18F3N5O4/c23-22(24,25)15-5-8-18(30-12-26-11-27-30)17(9-15)29-19(31)10-34-21(33)14-3-6-16(7-4-14)28-20(32)13-1-2-13/h3-9,11-13H,1-2,10H2,(H,28,32)(H,29,31). The summed E-state index contributed by atoms with van der Waals surface area (Å²) >= 11 is 0. The molecule has 2 amide bonds. The second-order valence-electron chi connectivity index (χ2n) is 7.53. The van der Waals surface area contributed by atoms with Crippen LogP contribution < -0.4 is 10.6 Å². The molecule has 1 aromatic heterocycles. The van der Waals surface area contributed by atoms with Crippen LogP contribution in [-0.4, -0.2) is 39.2 Å². The molecule has 0 saturated heterocycles. The van der Waals surface area contributed by atoms with Crippen LogP contribution in [0.3, 0.4) is 0 Å². The molecule has 1 aliphatic rings. The summed E-state index contributed by atoms with van der Waals surface area (Å²) in [6, 6.07) is 8.67. The first-order valence-corrected chi connectivity index (χ1v) is 10.1. The first-order chi connectivity index (χ1) is 16.2. The van der Waals surface area contributed by atoms with Crippen LogP contribution in [0.25, 0.3) is 5.69 Å². The molecule has 2 aromatic carbocycles. The quantitative estimate of drug-likeness (QED) is 0.508. The maximum atomic E-state index is 13.1. The van der Waals surface area contributed by atoms with Crippen LogP contribution in [0.2, 0.25) is 0 Å². The van der Waals surface area contributed by atoms with Crippen molar-refractivity contribution in [2.75, 3.05) is 17.2 Å². The van der Waals surface area contributed by atoms with Crippen molar-refractivity contribution in [3.8, 4) is 5.69 Å². The van der Waals surface area contributed by atoms with Crippen LogP contribution in [0, 0.1) is 5.92 Å². The maximum Gasteiger partial charge on any atom is 0.416 e. The second-order valence-corrected chi connectivity index (χ2v) is 7.53. The highest BCUT2D eigenvalue weighted by Crippen LogP contribution is 2.33. The third kappa shape index (κ3) is 5.57. The number of aromatic nitrogens is 3. The van der Waals surface area contributed by atoms with Gasteiger partial charge in [0.15, 0.2) is 6.61 Å². The molecule has 1 aliphatic carbocycles. The third-order valence-electron chi connectivity index (χ3n) is 4.93. The molecule has 34 heavy (non-hydrogen) atoms. The van der Waals surface area contributed by atoms with E-state index in [1.165, 1.54) is 41.6 Å². The van der Waals surface area contributed by atoms with Gasteiger partial charge in [-0.3, -0.25) is 9.59 Å². The molecule has 0 spiro atoms. The highest BCUT2D eigenvalue weighted by Gasteiger charge is 2.31. The van der Waals surface area contributed by atoms with Crippen molar-refractivity contribution in [1.82, 2.24) is 14.8 Å². The Bertz CT molecular complexity index is 1210. The van der Waals surface area contributed by atoms with Gasteiger partial charge in [0.25, 0.3) is 5.91 Å². The summed E-state index contributed by atoms with van der Waals surface area (Å²) < 4.78 is 45.5. The van der Waals surface area contributed by atoms with Gasteiger partial charge in [-0.15, -0.1) is 0 Å². The molecule has 1 saturated carbocycles. The molecule has 2 N–H and O–H groups in total. The number of carbonyl (C=O) groups excluding carboxylic acids is 3. The van der Waals surface area contributed by atoms with Crippen molar-refractivity contribution in [3.63, 3.8) is 0 Å². The minimum absolute atomic E-state index is 0.0325. The van der Waals surface area contributed by atoms with Crippen molar-refractivity contribution < 1.29 is 32.3 Å². The van der Waals surface area contributed by atoms with E-state index in [9.17, 15) is 27.6 Å². The van der Waals surface area contributed by atoms with E-state index >= 15 is 0 Å². The number of esters is 1. The molecule has 0 unspecified atom stereocenters. The Morgan fingerprint density at radius 1 is 1.06 bits per heavy atom. The number of benzene rings is 2. The van der Waals surface area contributed by atoms with Crippen molar-refractivity contribution in [2.24, 2.45) is 5.92 Å². The van der Waals surface area contributed by atoms with E-state index in [2.05, 4.69) is 20.7 Å². The average molecular weight is 473 g/mol. The van der Waals surface area contributed by atoms with E-state index in [4.69, 9.17) is 4.74 Å². The molecule has 0 radical (unpaired) electrons. The number of halogens is 3. The Hall–Kier alpha value is -4.22. The normalized spacial score (nSPS) is 13.3. The Kier molecular flexibility index (Phi) is 6.30. The molecule has 0 atom stereocenters. The van der Waals surface area contributed by atoms with Gasteiger partial charge >= 0.3 is 12.1 Å². The van der Waals surface area contributed by atoms with Crippen LogP contribution >= 0.6 is 0 Å². The summed E-state index contributed by atoms with van der Waals surface area (Å²) in [5.41, 5.74) is -0.348. The topological polar surface area (TPSA) is 115 Å². The molecular formula is C22H18F3N5O4. The van der Waals surface area contributed by atoms with Gasteiger partial charge in [-0.2, -0.15) is 18.3 Å². The Morgan fingerprint density at radius 2 is 1.79 bits per heavy atom. The highest BCUT2D eigenvalue weighted by atomic mass is 19.4. The molecular weight excluding hydrogens is 455 g/mol. The van der Waals surface area contributed by atoms with Gasteiger partial charge in [0.1, 0.15) is 12.7 Å². The van der Waals surface area contributed by atoms with Gasteiger partial charge in [-0.1, -0.05) is 0 Å². The van der Waals surface area contributed by atoms with Crippen LogP contribution in [0.4, 0.5) is 24.5 Å². The van der Waals surface area contributed by atoms with Crippen LogP contribution in [-0.2, 0) is 20.5 Å². The number of alkyl halides is 3. The number of amides is 2. The van der Waals surface area contributed by atoms with E-state index in [1.54, 1.807) is 0 Å². The number of anilines is 2. The predicted octanol–water partition coefficient (Wildman–Crippen LogP) is 3.43. The number of rotatable bonds is 7. The molecule has 3 aromatic rings. The molecule has 176 valence electrons. The van der Waals surface area contributed by atoms with Crippen molar-refractivity contribution in [2.45, 2.75) is 19.0 Å². The summed E-state index contributed by atoms with van der Waals surface area (Å²) in [6.45, 7) is -0.730. The van der Waals surface area contributed by atoms with E-state index < -0.39 is 30.2 Å². The molecule has 12 heteroatoms. The van der Waals surface area contributed by atoms with Crippen LogP contribution in [0.5, 0.6) is 0 Å². The predicted molar refractivity (Wildman–Crippen MR) is 113 cm³/mol. The Labute approximate surface area is 190 Å². The number of nitrogens with one attached hydrogen (secondary N) is 2. The smallest absolute Gasteiger partial charge is 0.416 e.